The van der Waals surface area contributed by atoms with E-state index in [-0.39, 0.29) is 5.69 Å². The Labute approximate surface area is 128 Å². The maximum Gasteiger partial charge on any atom is 0.275 e. The summed E-state index contributed by atoms with van der Waals surface area (Å²) in [6, 6.07) is 4.68. The lowest BCUT2D eigenvalue weighted by molar-refractivity contribution is 0.102. The predicted octanol–water partition coefficient (Wildman–Crippen LogP) is 1.94. The van der Waals surface area contributed by atoms with Crippen LogP contribution in [0.15, 0.2) is 30.6 Å². The first kappa shape index (κ1) is 14.6. The van der Waals surface area contributed by atoms with Crippen molar-refractivity contribution in [1.82, 2.24) is 19.7 Å². The second-order valence-corrected chi connectivity index (χ2v) is 5.53. The molecule has 0 bridgehead atoms. The molecule has 6 nitrogen and oxygen atoms in total. The molecule has 0 saturated carbocycles. The maximum atomic E-state index is 12.8. The molecule has 0 aliphatic carbocycles. The quantitative estimate of drug-likeness (QED) is 0.941. The summed E-state index contributed by atoms with van der Waals surface area (Å²) >= 11 is 0. The van der Waals surface area contributed by atoms with Crippen LogP contribution in [0.1, 0.15) is 29.4 Å². The van der Waals surface area contributed by atoms with Gasteiger partial charge in [-0.25, -0.2) is 9.37 Å². The third kappa shape index (κ3) is 3.30. The van der Waals surface area contributed by atoms with Crippen LogP contribution in [0.4, 0.5) is 10.2 Å². The van der Waals surface area contributed by atoms with Gasteiger partial charge in [0.25, 0.3) is 5.91 Å². The first-order valence-electron chi connectivity index (χ1n) is 7.28. The minimum atomic E-state index is -0.469. The number of rotatable bonds is 3. The van der Waals surface area contributed by atoms with Crippen LogP contribution in [0.2, 0.25) is 0 Å². The van der Waals surface area contributed by atoms with Crippen LogP contribution in [0.3, 0.4) is 0 Å². The van der Waals surface area contributed by atoms with E-state index in [4.69, 9.17) is 0 Å². The summed E-state index contributed by atoms with van der Waals surface area (Å²) in [5.41, 5.74) is 0.162. The summed E-state index contributed by atoms with van der Waals surface area (Å²) in [4.78, 5) is 18.0. The number of pyridine rings is 1. The van der Waals surface area contributed by atoms with Gasteiger partial charge in [-0.15, -0.1) is 0 Å². The Morgan fingerprint density at radius 1 is 1.32 bits per heavy atom. The Balaban J connectivity index is 1.64. The van der Waals surface area contributed by atoms with E-state index in [0.29, 0.717) is 11.9 Å². The molecule has 3 heterocycles. The smallest absolute Gasteiger partial charge is 0.275 e. The van der Waals surface area contributed by atoms with Gasteiger partial charge >= 0.3 is 0 Å². The summed E-state index contributed by atoms with van der Waals surface area (Å²) < 4.78 is 14.7. The molecule has 1 amide bonds. The van der Waals surface area contributed by atoms with Gasteiger partial charge in [0, 0.05) is 12.3 Å². The molecule has 0 unspecified atom stereocenters. The third-order valence-corrected chi connectivity index (χ3v) is 3.87. The standard InChI is InChI=1S/C15H18FN5O/c1-20-7-4-12(5-8-20)21-9-6-14(19-21)18-15(22)13-3-2-11(16)10-17-13/h2-3,6,9-10,12H,4-5,7-8H2,1H3,(H,18,19,22). The van der Waals surface area contributed by atoms with Crippen LogP contribution in [0, 0.1) is 5.82 Å². The van der Waals surface area contributed by atoms with Gasteiger partial charge in [0.05, 0.1) is 12.2 Å². The average Bonchev–Trinajstić information content (AvgIpc) is 2.97. The highest BCUT2D eigenvalue weighted by Crippen LogP contribution is 2.21. The minimum Gasteiger partial charge on any atom is -0.306 e. The number of anilines is 1. The van der Waals surface area contributed by atoms with Gasteiger partial charge in [0.1, 0.15) is 11.5 Å². The van der Waals surface area contributed by atoms with Crippen LogP contribution in [0.25, 0.3) is 0 Å². The summed E-state index contributed by atoms with van der Waals surface area (Å²) in [6.07, 6.45) is 4.99. The summed E-state index contributed by atoms with van der Waals surface area (Å²) in [5, 5.41) is 7.09. The number of carbonyl (C=O) groups is 1. The number of hydrogen-bond acceptors (Lipinski definition) is 4. The van der Waals surface area contributed by atoms with E-state index in [1.807, 2.05) is 10.9 Å². The van der Waals surface area contributed by atoms with E-state index in [1.54, 1.807) is 6.07 Å². The van der Waals surface area contributed by atoms with Gasteiger partial charge in [-0.05, 0) is 45.1 Å². The number of halogens is 1. The van der Waals surface area contributed by atoms with Crippen molar-refractivity contribution in [2.24, 2.45) is 0 Å². The number of carbonyl (C=O) groups excluding carboxylic acids is 1. The van der Waals surface area contributed by atoms with E-state index in [9.17, 15) is 9.18 Å². The van der Waals surface area contributed by atoms with Crippen LogP contribution in [-0.2, 0) is 0 Å². The van der Waals surface area contributed by atoms with E-state index in [2.05, 4.69) is 27.3 Å². The maximum absolute atomic E-state index is 12.8. The topological polar surface area (TPSA) is 63.0 Å². The number of aromatic nitrogens is 3. The Kier molecular flexibility index (Phi) is 4.15. The van der Waals surface area contributed by atoms with Crippen molar-refractivity contribution < 1.29 is 9.18 Å². The van der Waals surface area contributed by atoms with Gasteiger partial charge in [0.15, 0.2) is 5.82 Å². The first-order chi connectivity index (χ1) is 10.6. The molecular weight excluding hydrogens is 285 g/mol. The van der Waals surface area contributed by atoms with Crippen LogP contribution in [-0.4, -0.2) is 45.7 Å². The second kappa shape index (κ2) is 6.23. The zero-order valence-corrected chi connectivity index (χ0v) is 12.4. The van der Waals surface area contributed by atoms with Gasteiger partial charge in [-0.1, -0.05) is 0 Å². The summed E-state index contributed by atoms with van der Waals surface area (Å²) in [5.74, 6) is -0.383. The zero-order chi connectivity index (χ0) is 15.5. The lowest BCUT2D eigenvalue weighted by atomic mass is 10.1. The van der Waals surface area contributed by atoms with Gasteiger partial charge in [-0.3, -0.25) is 9.48 Å². The van der Waals surface area contributed by atoms with Crippen molar-refractivity contribution in [3.05, 3.63) is 42.1 Å². The van der Waals surface area contributed by atoms with Crippen molar-refractivity contribution >= 4 is 11.7 Å². The lowest BCUT2D eigenvalue weighted by Gasteiger charge is -2.28. The predicted molar refractivity (Wildman–Crippen MR) is 80.1 cm³/mol. The van der Waals surface area contributed by atoms with E-state index in [0.717, 1.165) is 32.1 Å². The van der Waals surface area contributed by atoms with E-state index in [1.165, 1.54) is 12.1 Å². The number of hydrogen-bond donors (Lipinski definition) is 1. The van der Waals surface area contributed by atoms with Crippen molar-refractivity contribution in [2.75, 3.05) is 25.5 Å². The summed E-state index contributed by atoms with van der Waals surface area (Å²) in [7, 11) is 2.11. The Hall–Kier alpha value is -2.28. The fourth-order valence-electron chi connectivity index (χ4n) is 2.56. The van der Waals surface area contributed by atoms with Crippen molar-refractivity contribution in [1.29, 1.82) is 0 Å². The molecule has 2 aromatic rings. The lowest BCUT2D eigenvalue weighted by Crippen LogP contribution is -2.31. The highest BCUT2D eigenvalue weighted by atomic mass is 19.1. The molecule has 0 radical (unpaired) electrons. The molecule has 1 aliphatic rings. The highest BCUT2D eigenvalue weighted by Gasteiger charge is 2.19. The number of amides is 1. The van der Waals surface area contributed by atoms with Crippen molar-refractivity contribution in [3.8, 4) is 0 Å². The zero-order valence-electron chi connectivity index (χ0n) is 12.4. The fraction of sp³-hybridized carbons (Fsp3) is 0.400. The van der Waals surface area contributed by atoms with Gasteiger partial charge in [0.2, 0.25) is 0 Å². The normalized spacial score (nSPS) is 16.6. The molecule has 22 heavy (non-hydrogen) atoms. The molecule has 2 aromatic heterocycles. The molecule has 0 aromatic carbocycles. The summed E-state index contributed by atoms with van der Waals surface area (Å²) in [6.45, 7) is 2.09. The number of nitrogens with one attached hydrogen (secondary N) is 1. The molecule has 1 aliphatic heterocycles. The van der Waals surface area contributed by atoms with Crippen LogP contribution in [0.5, 0.6) is 0 Å². The largest absolute Gasteiger partial charge is 0.306 e. The van der Waals surface area contributed by atoms with Crippen molar-refractivity contribution in [3.63, 3.8) is 0 Å². The molecule has 116 valence electrons. The van der Waals surface area contributed by atoms with Crippen molar-refractivity contribution in [2.45, 2.75) is 18.9 Å². The SMILES string of the molecule is CN1CCC(n2ccc(NC(=O)c3ccc(F)cn3)n2)CC1. The minimum absolute atomic E-state index is 0.162. The molecular formula is C15H18FN5O. The number of nitrogens with zero attached hydrogens (tertiary/aromatic N) is 4. The van der Waals surface area contributed by atoms with E-state index < -0.39 is 11.7 Å². The van der Waals surface area contributed by atoms with Gasteiger partial charge in [-0.2, -0.15) is 5.10 Å². The monoisotopic (exact) mass is 303 g/mol. The highest BCUT2D eigenvalue weighted by molar-refractivity contribution is 6.02. The molecule has 1 N–H and O–H groups in total. The van der Waals surface area contributed by atoms with Crippen LogP contribution >= 0.6 is 0 Å². The molecule has 3 rings (SSSR count). The second-order valence-electron chi connectivity index (χ2n) is 5.53. The third-order valence-electron chi connectivity index (χ3n) is 3.87. The van der Waals surface area contributed by atoms with Crippen LogP contribution < -0.4 is 5.32 Å². The molecule has 7 heteroatoms. The first-order valence-corrected chi connectivity index (χ1v) is 7.28. The Morgan fingerprint density at radius 2 is 2.09 bits per heavy atom. The van der Waals surface area contributed by atoms with Gasteiger partial charge < -0.3 is 10.2 Å². The molecule has 1 fully saturated rings. The Morgan fingerprint density at radius 3 is 2.77 bits per heavy atom. The average molecular weight is 303 g/mol. The molecule has 0 atom stereocenters. The van der Waals surface area contributed by atoms with E-state index >= 15 is 0 Å². The molecule has 1 saturated heterocycles. The fourth-order valence-corrected chi connectivity index (χ4v) is 2.56. The Bertz CT molecular complexity index is 646. The molecule has 0 spiro atoms. The number of likely N-dealkylation sites (tertiary alicyclic amines) is 1. The number of piperidine rings is 1.